The fraction of sp³-hybridized carbons (Fsp3) is 0.333. The average Bonchev–Trinajstić information content (AvgIpc) is 3.06. The normalized spacial score (nSPS) is 14.1. The fourth-order valence-corrected chi connectivity index (χ4v) is 4.61. The number of ether oxygens (including phenoxy) is 1. The molecule has 1 aromatic carbocycles. The number of hydrogen-bond donors (Lipinski definition) is 1. The van der Waals surface area contributed by atoms with E-state index in [4.69, 9.17) is 33.7 Å². The molecule has 1 aliphatic heterocycles. The van der Waals surface area contributed by atoms with Crippen LogP contribution in [0.1, 0.15) is 15.2 Å². The molecule has 0 spiro atoms. The van der Waals surface area contributed by atoms with E-state index in [2.05, 4.69) is 16.3 Å². The van der Waals surface area contributed by atoms with Crippen LogP contribution in [0, 0.1) is 11.3 Å². The van der Waals surface area contributed by atoms with E-state index in [9.17, 15) is 10.1 Å². The van der Waals surface area contributed by atoms with E-state index >= 15 is 0 Å². The van der Waals surface area contributed by atoms with Gasteiger partial charge in [0, 0.05) is 34.3 Å². The number of halogens is 2. The van der Waals surface area contributed by atoms with Crippen LogP contribution in [0.5, 0.6) is 0 Å². The number of anilines is 1. The lowest BCUT2D eigenvalue weighted by Gasteiger charge is -2.27. The van der Waals surface area contributed by atoms with Crippen molar-refractivity contribution >= 4 is 45.4 Å². The van der Waals surface area contributed by atoms with Crippen molar-refractivity contribution in [1.29, 1.82) is 5.26 Å². The summed E-state index contributed by atoms with van der Waals surface area (Å²) in [5.41, 5.74) is 8.77. The summed E-state index contributed by atoms with van der Waals surface area (Å²) in [5, 5.41) is 14.2. The van der Waals surface area contributed by atoms with Gasteiger partial charge in [0.25, 0.3) is 5.91 Å². The molecule has 1 amide bonds. The van der Waals surface area contributed by atoms with Crippen LogP contribution in [-0.4, -0.2) is 45.3 Å². The van der Waals surface area contributed by atoms with E-state index in [1.165, 1.54) is 11.3 Å². The first kappa shape index (κ1) is 19.9. The number of nitrogens with zero attached hydrogens (tertiary/aromatic N) is 2. The summed E-state index contributed by atoms with van der Waals surface area (Å²) in [5.74, 6) is -0.315. The Bertz CT molecular complexity index is 888. The van der Waals surface area contributed by atoms with Crippen molar-refractivity contribution in [3.63, 3.8) is 0 Å². The van der Waals surface area contributed by atoms with Crippen LogP contribution in [0.4, 0.5) is 5.00 Å². The van der Waals surface area contributed by atoms with Crippen molar-refractivity contribution in [1.82, 2.24) is 5.32 Å². The highest BCUT2D eigenvalue weighted by Crippen LogP contribution is 2.44. The molecule has 0 radical (unpaired) electrons. The lowest BCUT2D eigenvalue weighted by Crippen LogP contribution is -2.36. The maximum absolute atomic E-state index is 12.7. The van der Waals surface area contributed by atoms with Gasteiger partial charge >= 0.3 is 0 Å². The molecule has 0 aliphatic carbocycles. The summed E-state index contributed by atoms with van der Waals surface area (Å²) >= 11 is 13.7. The molecule has 6 nitrogen and oxygen atoms in total. The summed E-state index contributed by atoms with van der Waals surface area (Å²) in [7, 11) is 0. The predicted molar refractivity (Wildman–Crippen MR) is 109 cm³/mol. The maximum atomic E-state index is 12.7. The van der Waals surface area contributed by atoms with Gasteiger partial charge in [-0.2, -0.15) is 5.26 Å². The molecule has 1 aromatic heterocycles. The Balaban J connectivity index is 2.17. The summed E-state index contributed by atoms with van der Waals surface area (Å²) in [4.78, 5) is 15.2. The monoisotopic (exact) mass is 423 g/mol. The van der Waals surface area contributed by atoms with Crippen LogP contribution in [0.2, 0.25) is 10.0 Å². The molecule has 9 heteroatoms. The Hall–Kier alpha value is -1.82. The molecule has 142 valence electrons. The lowest BCUT2D eigenvalue weighted by atomic mass is 10.0. The third-order valence-corrected chi connectivity index (χ3v) is 5.91. The van der Waals surface area contributed by atoms with Crippen LogP contribution >= 0.6 is 34.5 Å². The molecular formula is C18H17Cl2N4O2S-. The number of hydrogen-bond acceptors (Lipinski definition) is 5. The Labute approximate surface area is 171 Å². The van der Waals surface area contributed by atoms with E-state index in [0.29, 0.717) is 57.9 Å². The molecule has 2 N–H and O–H groups in total. The third kappa shape index (κ3) is 4.21. The number of nitriles is 1. The highest BCUT2D eigenvalue weighted by Gasteiger charge is 2.28. The highest BCUT2D eigenvalue weighted by molar-refractivity contribution is 7.19. The van der Waals surface area contributed by atoms with Crippen molar-refractivity contribution < 1.29 is 9.53 Å². The van der Waals surface area contributed by atoms with Gasteiger partial charge in [0.15, 0.2) is 0 Å². The SMILES string of the molecule is N#Cc1c(N2CCOCC2)sc(C(=O)NCC[NH-])c1-c1ccc(Cl)cc1Cl. The zero-order valence-corrected chi connectivity index (χ0v) is 16.7. The number of amides is 1. The van der Waals surface area contributed by atoms with Gasteiger partial charge in [-0.15, -0.1) is 17.9 Å². The number of rotatable bonds is 5. The minimum absolute atomic E-state index is 0.0789. The molecular weight excluding hydrogens is 407 g/mol. The summed E-state index contributed by atoms with van der Waals surface area (Å²) in [6, 6.07) is 7.25. The Morgan fingerprint density at radius 2 is 2.11 bits per heavy atom. The number of nitrogens with one attached hydrogen (secondary N) is 2. The molecule has 2 heterocycles. The number of thiophene rings is 1. The molecule has 1 saturated heterocycles. The summed E-state index contributed by atoms with van der Waals surface area (Å²) in [6.07, 6.45) is 0. The zero-order chi connectivity index (χ0) is 19.4. The van der Waals surface area contributed by atoms with Crippen molar-refractivity contribution in [3.05, 3.63) is 44.4 Å². The molecule has 3 rings (SSSR count). The second-order valence-electron chi connectivity index (χ2n) is 5.83. The van der Waals surface area contributed by atoms with Gasteiger partial charge in [-0.3, -0.25) is 4.79 Å². The topological polar surface area (TPSA) is 89.2 Å². The molecule has 0 atom stereocenters. The van der Waals surface area contributed by atoms with Crippen LogP contribution in [-0.2, 0) is 4.74 Å². The lowest BCUT2D eigenvalue weighted by molar-refractivity contribution is 0.0960. The maximum Gasteiger partial charge on any atom is 0.262 e. The largest absolute Gasteiger partial charge is 0.676 e. The minimum atomic E-state index is -0.315. The quantitative estimate of drug-likeness (QED) is 0.779. The Kier molecular flexibility index (Phi) is 6.58. The van der Waals surface area contributed by atoms with Crippen molar-refractivity contribution in [2.75, 3.05) is 44.3 Å². The Morgan fingerprint density at radius 3 is 2.74 bits per heavy atom. The summed E-state index contributed by atoms with van der Waals surface area (Å²) in [6.45, 7) is 2.75. The van der Waals surface area contributed by atoms with E-state index in [1.807, 2.05) is 0 Å². The second kappa shape index (κ2) is 8.91. The standard InChI is InChI=1S/C18H17Cl2N4O2S/c19-11-1-2-12(14(20)9-11)15-13(10-22)18(24-5-7-26-8-6-24)27-16(15)17(25)23-4-3-21/h1-2,9,21H,3-8H2,(H,23,25)/q-1. The van der Waals surface area contributed by atoms with E-state index in [-0.39, 0.29) is 19.0 Å². The molecule has 0 unspecified atom stereocenters. The first-order chi connectivity index (χ1) is 13.1. The first-order valence-electron chi connectivity index (χ1n) is 8.34. The molecule has 27 heavy (non-hydrogen) atoms. The van der Waals surface area contributed by atoms with Crippen LogP contribution in [0.15, 0.2) is 18.2 Å². The molecule has 1 fully saturated rings. The van der Waals surface area contributed by atoms with Crippen LogP contribution in [0.3, 0.4) is 0 Å². The Morgan fingerprint density at radius 1 is 1.37 bits per heavy atom. The van der Waals surface area contributed by atoms with Gasteiger partial charge < -0.3 is 20.7 Å². The molecule has 2 aromatic rings. The van der Waals surface area contributed by atoms with Gasteiger partial charge in [0.2, 0.25) is 0 Å². The van der Waals surface area contributed by atoms with Gasteiger partial charge in [-0.25, -0.2) is 0 Å². The van der Waals surface area contributed by atoms with Crippen molar-refractivity contribution in [2.45, 2.75) is 0 Å². The van der Waals surface area contributed by atoms with Gasteiger partial charge in [0.05, 0.1) is 18.8 Å². The van der Waals surface area contributed by atoms with Gasteiger partial charge in [-0.05, 0) is 18.7 Å². The minimum Gasteiger partial charge on any atom is -0.676 e. The summed E-state index contributed by atoms with van der Waals surface area (Å²) < 4.78 is 5.39. The van der Waals surface area contributed by atoms with Crippen LogP contribution in [0.25, 0.3) is 16.9 Å². The predicted octanol–water partition coefficient (Wildman–Crippen LogP) is 4.21. The molecule has 0 saturated carbocycles. The smallest absolute Gasteiger partial charge is 0.262 e. The van der Waals surface area contributed by atoms with Gasteiger partial charge in [-0.1, -0.05) is 29.3 Å². The zero-order valence-electron chi connectivity index (χ0n) is 14.3. The number of benzene rings is 1. The molecule has 0 bridgehead atoms. The number of carbonyl (C=O) groups is 1. The number of carbonyl (C=O) groups excluding carboxylic acids is 1. The van der Waals surface area contributed by atoms with E-state index < -0.39 is 0 Å². The van der Waals surface area contributed by atoms with Crippen LogP contribution < -0.4 is 10.2 Å². The third-order valence-electron chi connectivity index (χ3n) is 4.12. The fourth-order valence-electron chi connectivity index (χ4n) is 2.88. The second-order valence-corrected chi connectivity index (χ2v) is 7.67. The first-order valence-corrected chi connectivity index (χ1v) is 9.91. The molecule has 1 aliphatic rings. The number of morpholine rings is 1. The average molecular weight is 424 g/mol. The van der Waals surface area contributed by atoms with Gasteiger partial charge in [0.1, 0.15) is 15.9 Å². The highest BCUT2D eigenvalue weighted by atomic mass is 35.5. The van der Waals surface area contributed by atoms with E-state index in [0.717, 1.165) is 5.00 Å². The van der Waals surface area contributed by atoms with E-state index in [1.54, 1.807) is 18.2 Å². The van der Waals surface area contributed by atoms with Crippen molar-refractivity contribution in [3.8, 4) is 17.2 Å². The van der Waals surface area contributed by atoms with Crippen molar-refractivity contribution in [2.24, 2.45) is 0 Å².